The number of nitrogens with zero attached hydrogens (tertiary/aromatic N) is 2. The first-order valence-electron chi connectivity index (χ1n) is 12.7. The zero-order chi connectivity index (χ0) is 28.0. The number of carbonyl (C=O) groups is 3. The third-order valence-electron chi connectivity index (χ3n) is 7.14. The van der Waals surface area contributed by atoms with Crippen molar-refractivity contribution in [1.82, 2.24) is 4.57 Å². The summed E-state index contributed by atoms with van der Waals surface area (Å²) in [6.07, 6.45) is 0. The van der Waals surface area contributed by atoms with E-state index in [2.05, 4.69) is 5.32 Å². The van der Waals surface area contributed by atoms with Crippen molar-refractivity contribution >= 4 is 52.2 Å². The van der Waals surface area contributed by atoms with Crippen molar-refractivity contribution in [3.05, 3.63) is 105 Å². The van der Waals surface area contributed by atoms with Gasteiger partial charge < -0.3 is 10.1 Å². The number of ether oxygens (including phenoxy) is 1. The van der Waals surface area contributed by atoms with Crippen LogP contribution in [0.1, 0.15) is 21.9 Å². The third-order valence-corrected chi connectivity index (χ3v) is 9.75. The van der Waals surface area contributed by atoms with Crippen LogP contribution in [0.3, 0.4) is 0 Å². The number of fused-ring (bicyclic) bond motifs is 2. The largest absolute Gasteiger partial charge is 0.497 e. The minimum absolute atomic E-state index is 0.205. The van der Waals surface area contributed by atoms with Gasteiger partial charge in [0, 0.05) is 16.5 Å². The Morgan fingerprint density at radius 2 is 1.70 bits per heavy atom. The first-order valence-corrected chi connectivity index (χ1v) is 14.4. The lowest BCUT2D eigenvalue weighted by Gasteiger charge is -2.30. The summed E-state index contributed by atoms with van der Waals surface area (Å²) in [6, 6.07) is 23.6. The molecule has 1 fully saturated rings. The third kappa shape index (κ3) is 4.52. The van der Waals surface area contributed by atoms with E-state index in [9.17, 15) is 19.2 Å². The minimum atomic E-state index is -0.743. The average Bonchev–Trinajstić information content (AvgIpc) is 3.39. The predicted octanol–water partition coefficient (Wildman–Crippen LogP) is 4.66. The molecule has 0 saturated carbocycles. The van der Waals surface area contributed by atoms with Crippen LogP contribution in [-0.4, -0.2) is 34.6 Å². The Morgan fingerprint density at radius 1 is 0.950 bits per heavy atom. The second kappa shape index (κ2) is 10.4. The molecule has 3 aromatic carbocycles. The van der Waals surface area contributed by atoms with Crippen LogP contribution in [0.15, 0.2) is 88.7 Å². The molecule has 0 aliphatic carbocycles. The number of amides is 3. The van der Waals surface area contributed by atoms with Crippen molar-refractivity contribution < 1.29 is 19.1 Å². The van der Waals surface area contributed by atoms with Crippen LogP contribution in [0.25, 0.3) is 0 Å². The van der Waals surface area contributed by atoms with Gasteiger partial charge in [-0.05, 0) is 54.4 Å². The number of hydrogen-bond acceptors (Lipinski definition) is 7. The second-order valence-corrected chi connectivity index (χ2v) is 11.8. The number of hydrogen-bond donors (Lipinski definition) is 1. The Kier molecular flexibility index (Phi) is 6.81. The highest BCUT2D eigenvalue weighted by Gasteiger charge is 2.56. The summed E-state index contributed by atoms with van der Waals surface area (Å²) in [7, 11) is 1.57. The molecule has 3 amide bonds. The maximum absolute atomic E-state index is 13.9. The van der Waals surface area contributed by atoms with Crippen molar-refractivity contribution in [3.63, 3.8) is 0 Å². The number of thiazole rings is 1. The van der Waals surface area contributed by atoms with Gasteiger partial charge in [-0.2, -0.15) is 0 Å². The van der Waals surface area contributed by atoms with Gasteiger partial charge in [-0.1, -0.05) is 65.6 Å². The molecule has 6 rings (SSSR count). The smallest absolute Gasteiger partial charge is 0.308 e. The molecule has 8 nitrogen and oxygen atoms in total. The zero-order valence-corrected chi connectivity index (χ0v) is 23.3. The van der Waals surface area contributed by atoms with Crippen molar-refractivity contribution in [2.24, 2.45) is 5.92 Å². The van der Waals surface area contributed by atoms with Crippen molar-refractivity contribution in [2.45, 2.75) is 29.7 Å². The fourth-order valence-corrected chi connectivity index (χ4v) is 8.10. The predicted molar refractivity (Wildman–Crippen MR) is 155 cm³/mol. The minimum Gasteiger partial charge on any atom is -0.497 e. The molecule has 10 heteroatoms. The molecule has 0 unspecified atom stereocenters. The highest BCUT2D eigenvalue weighted by Crippen LogP contribution is 2.54. The molecule has 2 aliphatic rings. The van der Waals surface area contributed by atoms with Crippen LogP contribution in [0, 0.1) is 12.8 Å². The normalized spacial score (nSPS) is 19.8. The molecule has 1 N–H and O–H groups in total. The standard InChI is InChI=1S/C30H25N3O5S2/c1-17-7-6-8-19(15-17)31-22(34)16-32-29-26(40-30(32)37)23(18-11-13-21(38-2)14-12-18)24-25(39-29)28(36)33(27(24)35)20-9-4-3-5-10-20/h3-15,23-25H,16H2,1-2H3,(H,31,34)/t23-,24-,25+/m0/s1. The number of rotatable bonds is 6. The summed E-state index contributed by atoms with van der Waals surface area (Å²) in [5, 5.41) is 2.66. The topological polar surface area (TPSA) is 97.7 Å². The molecule has 1 aromatic heterocycles. The number of methoxy groups -OCH3 is 1. The molecule has 40 heavy (non-hydrogen) atoms. The molecule has 0 spiro atoms. The lowest BCUT2D eigenvalue weighted by molar-refractivity contribution is -0.122. The molecule has 1 saturated heterocycles. The number of aryl methyl sites for hydroxylation is 1. The number of benzene rings is 3. The SMILES string of the molecule is COc1ccc([C@@H]2c3sc(=O)n(CC(=O)Nc4cccc(C)c4)c3S[C@H]3C(=O)N(c4ccccc4)C(=O)[C@@H]23)cc1. The highest BCUT2D eigenvalue weighted by molar-refractivity contribution is 8.00. The molecule has 3 atom stereocenters. The molecule has 3 heterocycles. The van der Waals surface area contributed by atoms with E-state index in [0.717, 1.165) is 22.5 Å². The average molecular weight is 572 g/mol. The number of para-hydroxylation sites is 1. The van der Waals surface area contributed by atoms with E-state index >= 15 is 0 Å². The Hall–Kier alpha value is -4.15. The van der Waals surface area contributed by atoms with Gasteiger partial charge in [0.15, 0.2) is 0 Å². The van der Waals surface area contributed by atoms with Gasteiger partial charge >= 0.3 is 4.87 Å². The van der Waals surface area contributed by atoms with E-state index in [0.29, 0.717) is 27.0 Å². The molecule has 0 bridgehead atoms. The number of thioether (sulfide) groups is 1. The summed E-state index contributed by atoms with van der Waals surface area (Å²) < 4.78 is 6.74. The second-order valence-electron chi connectivity index (χ2n) is 9.70. The number of aromatic nitrogens is 1. The maximum atomic E-state index is 13.9. The van der Waals surface area contributed by atoms with Gasteiger partial charge in [0.25, 0.3) is 0 Å². The number of imide groups is 1. The lowest BCUT2D eigenvalue weighted by Crippen LogP contribution is -2.33. The van der Waals surface area contributed by atoms with E-state index < -0.39 is 17.1 Å². The summed E-state index contributed by atoms with van der Waals surface area (Å²) >= 11 is 2.22. The van der Waals surface area contributed by atoms with Gasteiger partial charge in [0.1, 0.15) is 17.5 Å². The van der Waals surface area contributed by atoms with Gasteiger partial charge in [0.05, 0.1) is 23.7 Å². The monoisotopic (exact) mass is 571 g/mol. The van der Waals surface area contributed by atoms with Crippen LogP contribution in [0.2, 0.25) is 0 Å². The Morgan fingerprint density at radius 3 is 2.40 bits per heavy atom. The molecule has 0 radical (unpaired) electrons. The van der Waals surface area contributed by atoms with E-state index in [1.807, 2.05) is 43.3 Å². The fourth-order valence-electron chi connectivity index (χ4n) is 5.32. The number of anilines is 2. The van der Waals surface area contributed by atoms with E-state index in [-0.39, 0.29) is 29.1 Å². The lowest BCUT2D eigenvalue weighted by atomic mass is 9.83. The van der Waals surface area contributed by atoms with Gasteiger partial charge in [-0.25, -0.2) is 4.90 Å². The number of carbonyl (C=O) groups excluding carboxylic acids is 3. The molecule has 202 valence electrons. The van der Waals surface area contributed by atoms with Gasteiger partial charge in [0.2, 0.25) is 17.7 Å². The maximum Gasteiger partial charge on any atom is 0.308 e. The summed E-state index contributed by atoms with van der Waals surface area (Å²) in [4.78, 5) is 55.6. The zero-order valence-electron chi connectivity index (χ0n) is 21.7. The van der Waals surface area contributed by atoms with E-state index in [1.165, 1.54) is 21.2 Å². The van der Waals surface area contributed by atoms with Crippen LogP contribution >= 0.6 is 23.1 Å². The molecular formula is C30H25N3O5S2. The van der Waals surface area contributed by atoms with E-state index in [4.69, 9.17) is 4.74 Å². The summed E-state index contributed by atoms with van der Waals surface area (Å²) in [6.45, 7) is 1.73. The first-order chi connectivity index (χ1) is 19.4. The quantitative estimate of drug-likeness (QED) is 0.338. The van der Waals surface area contributed by atoms with Crippen molar-refractivity contribution in [2.75, 3.05) is 17.3 Å². The molecule has 4 aromatic rings. The Labute approximate surface area is 238 Å². The van der Waals surface area contributed by atoms with Crippen molar-refractivity contribution in [3.8, 4) is 5.75 Å². The summed E-state index contributed by atoms with van der Waals surface area (Å²) in [5.74, 6) is -1.56. The van der Waals surface area contributed by atoms with Crippen LogP contribution in [-0.2, 0) is 20.9 Å². The van der Waals surface area contributed by atoms with Crippen LogP contribution in [0.5, 0.6) is 5.75 Å². The van der Waals surface area contributed by atoms with E-state index in [1.54, 1.807) is 49.6 Å². The van der Waals surface area contributed by atoms with Gasteiger partial charge in [-0.3, -0.25) is 23.7 Å². The van der Waals surface area contributed by atoms with Crippen molar-refractivity contribution in [1.29, 1.82) is 0 Å². The Bertz CT molecular complexity index is 1680. The number of nitrogens with one attached hydrogen (secondary N) is 1. The first kappa shape index (κ1) is 26.1. The van der Waals surface area contributed by atoms with Crippen LogP contribution in [0.4, 0.5) is 11.4 Å². The summed E-state index contributed by atoms with van der Waals surface area (Å²) in [5.41, 5.74) is 2.95. The highest BCUT2D eigenvalue weighted by atomic mass is 32.2. The van der Waals surface area contributed by atoms with Crippen LogP contribution < -0.4 is 19.8 Å². The molecular weight excluding hydrogens is 546 g/mol. The molecule has 2 aliphatic heterocycles. The van der Waals surface area contributed by atoms with Gasteiger partial charge in [-0.15, -0.1) is 0 Å². The fraction of sp³-hybridized carbons (Fsp3) is 0.200. The Balaban J connectivity index is 1.41.